The van der Waals surface area contributed by atoms with Crippen LogP contribution in [0.25, 0.3) is 5.32 Å². The summed E-state index contributed by atoms with van der Waals surface area (Å²) in [5.74, 6) is 0. The fourth-order valence-corrected chi connectivity index (χ4v) is 1.71. The number of hydrogen-bond acceptors (Lipinski definition) is 1. The first kappa shape index (κ1) is 15.8. The summed E-state index contributed by atoms with van der Waals surface area (Å²) in [5.41, 5.74) is 1.34. The number of likely N-dealkylation sites (N-methyl/N-ethyl adjacent to an activating group) is 1. The maximum atomic E-state index is 4.97. The number of piperazine rings is 1. The van der Waals surface area contributed by atoms with Gasteiger partial charge in [-0.05, 0) is 20.1 Å². The van der Waals surface area contributed by atoms with Gasteiger partial charge in [0.1, 0.15) is 0 Å². The first-order chi connectivity index (χ1) is 8.09. The fraction of sp³-hybridized carbons (Fsp3) is 0.455. The van der Waals surface area contributed by atoms with Crippen LogP contribution >= 0.6 is 27.9 Å². The molecule has 0 amide bonds. The summed E-state index contributed by atoms with van der Waals surface area (Å²) in [7, 11) is 17.1. The second-order valence-corrected chi connectivity index (χ2v) is 11.5. The molecule has 1 fully saturated rings. The van der Waals surface area contributed by atoms with Gasteiger partial charge in [0.15, 0.2) is 0 Å². The zero-order valence-corrected chi connectivity index (χ0v) is 13.4. The van der Waals surface area contributed by atoms with Crippen LogP contribution in [-0.2, 0) is 14.7 Å². The molecule has 0 bridgehead atoms. The average Bonchev–Trinajstić information content (AvgIpc) is 2.29. The van der Waals surface area contributed by atoms with Crippen LogP contribution in [0, 0.1) is 0 Å². The molecule has 1 aliphatic rings. The summed E-state index contributed by atoms with van der Waals surface area (Å²) in [6.07, 6.45) is 0. The van der Waals surface area contributed by atoms with Crippen molar-refractivity contribution in [1.29, 1.82) is 0 Å². The van der Waals surface area contributed by atoms with Gasteiger partial charge < -0.3 is 10.2 Å². The normalized spacial score (nSPS) is 20.4. The van der Waals surface area contributed by atoms with E-state index in [4.69, 9.17) is 27.9 Å². The predicted molar refractivity (Wildman–Crippen MR) is 72.5 cm³/mol. The molecular weight excluding hydrogens is 314 g/mol. The van der Waals surface area contributed by atoms with E-state index in [-0.39, 0.29) is 0 Å². The molecule has 94 valence electrons. The Labute approximate surface area is 121 Å². The number of nitrogens with zero attached hydrogens (tertiary/aromatic N) is 2. The van der Waals surface area contributed by atoms with Crippen LogP contribution in [0.2, 0.25) is 0 Å². The summed E-state index contributed by atoms with van der Waals surface area (Å²) in [6.45, 7) is 3.13. The zero-order chi connectivity index (χ0) is 12.7. The molecule has 0 radical (unpaired) electrons. The molecule has 1 aliphatic heterocycles. The summed E-state index contributed by atoms with van der Waals surface area (Å²) >= 11 is -1.92. The SMILES string of the molecule is CN1CC[N-]C(c2ccccc2)C1.[Cl][Ti+]([Cl])[Cl]. The number of rotatable bonds is 1. The van der Waals surface area contributed by atoms with Crippen molar-refractivity contribution in [1.82, 2.24) is 4.90 Å². The second-order valence-electron chi connectivity index (χ2n) is 3.81. The molecule has 1 aromatic rings. The topological polar surface area (TPSA) is 17.3 Å². The third kappa shape index (κ3) is 7.02. The van der Waals surface area contributed by atoms with Gasteiger partial charge in [0.05, 0.1) is 0 Å². The first-order valence-electron chi connectivity index (χ1n) is 5.33. The van der Waals surface area contributed by atoms with E-state index in [1.165, 1.54) is 5.56 Å². The van der Waals surface area contributed by atoms with Crippen molar-refractivity contribution in [3.63, 3.8) is 0 Å². The number of halogens is 3. The van der Waals surface area contributed by atoms with Crippen molar-refractivity contribution < 1.29 is 14.7 Å². The van der Waals surface area contributed by atoms with Crippen LogP contribution in [0.1, 0.15) is 11.6 Å². The minimum atomic E-state index is -1.92. The molecule has 0 saturated carbocycles. The molecule has 1 atom stereocenters. The molecule has 17 heavy (non-hydrogen) atoms. The van der Waals surface area contributed by atoms with Gasteiger partial charge in [-0.25, -0.2) is 0 Å². The van der Waals surface area contributed by atoms with Crippen molar-refractivity contribution in [2.45, 2.75) is 6.04 Å². The Morgan fingerprint density at radius 3 is 2.35 bits per heavy atom. The van der Waals surface area contributed by atoms with E-state index in [1.807, 2.05) is 0 Å². The molecule has 1 heterocycles. The van der Waals surface area contributed by atoms with Crippen LogP contribution in [0.5, 0.6) is 0 Å². The molecule has 0 N–H and O–H groups in total. The Balaban J connectivity index is 0.000000317. The van der Waals surface area contributed by atoms with E-state index in [0.29, 0.717) is 6.04 Å². The summed E-state index contributed by atoms with van der Waals surface area (Å²) < 4.78 is 0. The van der Waals surface area contributed by atoms with E-state index in [2.05, 4.69) is 47.6 Å². The summed E-state index contributed by atoms with van der Waals surface area (Å²) in [5, 5.41) is 4.61. The molecular formula is C11H15Cl3N2Ti. The van der Waals surface area contributed by atoms with Crippen LogP contribution < -0.4 is 0 Å². The molecule has 1 unspecified atom stereocenters. The van der Waals surface area contributed by atoms with Gasteiger partial charge in [-0.2, -0.15) is 0 Å². The van der Waals surface area contributed by atoms with Crippen LogP contribution in [0.4, 0.5) is 0 Å². The van der Waals surface area contributed by atoms with Crippen LogP contribution in [0.3, 0.4) is 0 Å². The maximum absolute atomic E-state index is 4.97. The average molecular weight is 329 g/mol. The fourth-order valence-electron chi connectivity index (χ4n) is 1.71. The van der Waals surface area contributed by atoms with Crippen molar-refractivity contribution in [2.24, 2.45) is 0 Å². The summed E-state index contributed by atoms with van der Waals surface area (Å²) in [4.78, 5) is 2.34. The second kappa shape index (κ2) is 8.76. The van der Waals surface area contributed by atoms with Gasteiger partial charge in [0, 0.05) is 0 Å². The van der Waals surface area contributed by atoms with Crippen molar-refractivity contribution in [3.05, 3.63) is 41.2 Å². The van der Waals surface area contributed by atoms with Crippen LogP contribution in [-0.4, -0.2) is 31.6 Å². The van der Waals surface area contributed by atoms with Gasteiger partial charge in [-0.1, -0.05) is 41.9 Å². The van der Waals surface area contributed by atoms with Crippen LogP contribution in [0.15, 0.2) is 30.3 Å². The predicted octanol–water partition coefficient (Wildman–Crippen LogP) is 4.11. The van der Waals surface area contributed by atoms with E-state index in [9.17, 15) is 0 Å². The van der Waals surface area contributed by atoms with Crippen molar-refractivity contribution in [3.8, 4) is 0 Å². The summed E-state index contributed by atoms with van der Waals surface area (Å²) in [6, 6.07) is 10.9. The third-order valence-electron chi connectivity index (χ3n) is 2.50. The number of hydrogen-bond donors (Lipinski definition) is 0. The standard InChI is InChI=1S/C11H15N2.3ClH.Ti/c1-13-8-7-12-11(9-13)10-5-3-2-4-6-10;;;;/h2-6,11H,7-9H2,1H3;3*1H;/q-1;;;;+4/p-3. The minimum absolute atomic E-state index is 0.389. The first-order valence-corrected chi connectivity index (χ1v) is 11.8. The third-order valence-corrected chi connectivity index (χ3v) is 2.50. The number of benzene rings is 1. The van der Waals surface area contributed by atoms with Gasteiger partial charge in [-0.3, -0.25) is 0 Å². The Hall–Kier alpha value is 0.724. The van der Waals surface area contributed by atoms with E-state index in [0.717, 1.165) is 19.6 Å². The Morgan fingerprint density at radius 1 is 1.24 bits per heavy atom. The Bertz CT molecular complexity index is 308. The molecule has 2 rings (SSSR count). The quantitative estimate of drug-likeness (QED) is 0.709. The Kier molecular flexibility index (Phi) is 8.13. The molecule has 1 aromatic carbocycles. The molecule has 0 spiro atoms. The van der Waals surface area contributed by atoms with Crippen molar-refractivity contribution in [2.75, 3.05) is 26.7 Å². The van der Waals surface area contributed by atoms with E-state index < -0.39 is 14.7 Å². The zero-order valence-electron chi connectivity index (χ0n) is 9.61. The molecule has 0 aliphatic carbocycles. The van der Waals surface area contributed by atoms with Gasteiger partial charge in [0.25, 0.3) is 0 Å². The molecule has 0 aromatic heterocycles. The van der Waals surface area contributed by atoms with E-state index in [1.54, 1.807) is 0 Å². The molecule has 1 saturated heterocycles. The monoisotopic (exact) mass is 328 g/mol. The van der Waals surface area contributed by atoms with Gasteiger partial charge in [-0.15, -0.1) is 6.54 Å². The van der Waals surface area contributed by atoms with E-state index >= 15 is 0 Å². The Morgan fingerprint density at radius 2 is 1.82 bits per heavy atom. The molecule has 2 nitrogen and oxygen atoms in total. The van der Waals surface area contributed by atoms with Gasteiger partial charge in [0.2, 0.25) is 0 Å². The van der Waals surface area contributed by atoms with Gasteiger partial charge >= 0.3 is 42.6 Å². The van der Waals surface area contributed by atoms with Crippen molar-refractivity contribution >= 4 is 27.9 Å². The molecule has 6 heteroatoms.